The molecule has 5 rings (SSSR count). The fraction of sp³-hybridized carbons (Fsp3) is 0.174. The van der Waals surface area contributed by atoms with Gasteiger partial charge >= 0.3 is 0 Å². The van der Waals surface area contributed by atoms with Crippen LogP contribution in [0.15, 0.2) is 57.8 Å². The average molecular weight is 477 g/mol. The van der Waals surface area contributed by atoms with Gasteiger partial charge in [0.2, 0.25) is 11.7 Å². The van der Waals surface area contributed by atoms with E-state index in [1.165, 1.54) is 30.0 Å². The molecule has 0 aliphatic carbocycles. The predicted molar refractivity (Wildman–Crippen MR) is 132 cm³/mol. The van der Waals surface area contributed by atoms with Crippen LogP contribution in [0.2, 0.25) is 0 Å². The van der Waals surface area contributed by atoms with Crippen LogP contribution in [0.5, 0.6) is 0 Å². The minimum absolute atomic E-state index is 0.129. The van der Waals surface area contributed by atoms with Crippen molar-refractivity contribution in [3.05, 3.63) is 75.0 Å². The van der Waals surface area contributed by atoms with Gasteiger partial charge in [-0.25, -0.2) is 9.55 Å². The topological polar surface area (TPSA) is 94.2 Å². The van der Waals surface area contributed by atoms with Gasteiger partial charge < -0.3 is 5.32 Å². The van der Waals surface area contributed by atoms with Gasteiger partial charge in [-0.3, -0.25) is 14.0 Å². The second kappa shape index (κ2) is 8.45. The largest absolute Gasteiger partial charge is 0.302 e. The summed E-state index contributed by atoms with van der Waals surface area (Å²) in [5, 5.41) is 15.3. The summed E-state index contributed by atoms with van der Waals surface area (Å²) in [6.07, 6.45) is 0. The highest BCUT2D eigenvalue weighted by molar-refractivity contribution is 7.98. The number of aromatic nitrogens is 5. The van der Waals surface area contributed by atoms with E-state index in [1.807, 2.05) is 66.1 Å². The van der Waals surface area contributed by atoms with E-state index in [4.69, 9.17) is 0 Å². The quantitative estimate of drug-likeness (QED) is 0.379. The van der Waals surface area contributed by atoms with Crippen molar-refractivity contribution >= 4 is 50.8 Å². The van der Waals surface area contributed by atoms with Crippen molar-refractivity contribution in [1.82, 2.24) is 24.1 Å². The zero-order chi connectivity index (χ0) is 23.1. The number of nitrogens with zero attached hydrogens (tertiary/aromatic N) is 5. The minimum atomic E-state index is -0.150. The Balaban J connectivity index is 1.64. The van der Waals surface area contributed by atoms with Crippen LogP contribution in [-0.4, -0.2) is 30.1 Å². The Kier molecular flexibility index (Phi) is 5.47. The molecule has 0 aliphatic rings. The Hall–Kier alpha value is -3.50. The van der Waals surface area contributed by atoms with Crippen molar-refractivity contribution in [2.45, 2.75) is 31.7 Å². The Morgan fingerprint density at radius 1 is 1.15 bits per heavy atom. The van der Waals surface area contributed by atoms with Crippen LogP contribution in [0, 0.1) is 13.8 Å². The maximum atomic E-state index is 13.5. The van der Waals surface area contributed by atoms with Crippen LogP contribution in [0.25, 0.3) is 22.4 Å². The van der Waals surface area contributed by atoms with Gasteiger partial charge in [-0.1, -0.05) is 36.0 Å². The van der Waals surface area contributed by atoms with Gasteiger partial charge in [-0.2, -0.15) is 0 Å². The molecule has 33 heavy (non-hydrogen) atoms. The summed E-state index contributed by atoms with van der Waals surface area (Å²) in [5.41, 5.74) is 4.28. The van der Waals surface area contributed by atoms with Gasteiger partial charge in [-0.15, -0.1) is 21.5 Å². The fourth-order valence-corrected chi connectivity index (χ4v) is 5.36. The zero-order valence-corrected chi connectivity index (χ0v) is 19.8. The zero-order valence-electron chi connectivity index (χ0n) is 18.2. The van der Waals surface area contributed by atoms with Crippen LogP contribution in [0.1, 0.15) is 23.7 Å². The third-order valence-corrected chi connectivity index (χ3v) is 6.95. The van der Waals surface area contributed by atoms with Crippen LogP contribution in [0.4, 0.5) is 5.13 Å². The number of fused-ring (bicyclic) bond motifs is 3. The summed E-state index contributed by atoms with van der Waals surface area (Å²) in [7, 11) is 0. The molecule has 0 unspecified atom stereocenters. The summed E-state index contributed by atoms with van der Waals surface area (Å²) >= 11 is 2.86. The molecule has 0 spiro atoms. The number of nitrogens with one attached hydrogen (secondary N) is 1. The number of carbonyl (C=O) groups excluding carboxylic acids is 1. The highest BCUT2D eigenvalue weighted by Crippen LogP contribution is 2.27. The lowest BCUT2D eigenvalue weighted by molar-refractivity contribution is -0.114. The van der Waals surface area contributed by atoms with E-state index in [9.17, 15) is 9.59 Å². The third-order valence-electron chi connectivity index (χ3n) is 5.18. The van der Waals surface area contributed by atoms with Crippen molar-refractivity contribution in [3.8, 4) is 5.69 Å². The summed E-state index contributed by atoms with van der Waals surface area (Å²) in [4.78, 5) is 29.2. The van der Waals surface area contributed by atoms with E-state index in [0.29, 0.717) is 27.2 Å². The number of carbonyl (C=O) groups is 1. The second-order valence-electron chi connectivity index (χ2n) is 7.68. The average Bonchev–Trinajstić information content (AvgIpc) is 3.41. The molecule has 8 nitrogen and oxygen atoms in total. The summed E-state index contributed by atoms with van der Waals surface area (Å²) in [6.45, 7) is 5.44. The Bertz CT molecular complexity index is 1580. The molecule has 0 saturated carbocycles. The molecule has 0 radical (unpaired) electrons. The van der Waals surface area contributed by atoms with Gasteiger partial charge in [0.15, 0.2) is 10.3 Å². The van der Waals surface area contributed by atoms with Gasteiger partial charge in [0.25, 0.3) is 5.56 Å². The van der Waals surface area contributed by atoms with Crippen molar-refractivity contribution < 1.29 is 4.79 Å². The van der Waals surface area contributed by atoms with Gasteiger partial charge in [0, 0.05) is 18.1 Å². The number of thiazole rings is 1. The SMILES string of the molecule is CC(=O)Nc1nc(CSc2nnc3n(-c4cc(C)ccc4C)c(=O)c4ccccc4n23)cs1. The monoisotopic (exact) mass is 476 g/mol. The summed E-state index contributed by atoms with van der Waals surface area (Å²) in [6, 6.07) is 13.5. The molecule has 166 valence electrons. The molecule has 0 bridgehead atoms. The van der Waals surface area contributed by atoms with E-state index in [1.54, 1.807) is 4.57 Å². The molecule has 0 atom stereocenters. The number of anilines is 1. The van der Waals surface area contributed by atoms with Gasteiger partial charge in [0.1, 0.15) is 0 Å². The molecule has 3 heterocycles. The number of aryl methyl sites for hydroxylation is 2. The molecular weight excluding hydrogens is 456 g/mol. The Morgan fingerprint density at radius 2 is 1.97 bits per heavy atom. The van der Waals surface area contributed by atoms with Gasteiger partial charge in [0.05, 0.1) is 22.3 Å². The minimum Gasteiger partial charge on any atom is -0.302 e. The molecule has 5 aromatic rings. The smallest absolute Gasteiger partial charge is 0.267 e. The normalized spacial score (nSPS) is 11.4. The predicted octanol–water partition coefficient (Wildman–Crippen LogP) is 4.36. The van der Waals surface area contributed by atoms with Crippen molar-refractivity contribution in [2.24, 2.45) is 0 Å². The number of benzene rings is 2. The first-order valence-electron chi connectivity index (χ1n) is 10.2. The van der Waals surface area contributed by atoms with Crippen molar-refractivity contribution in [1.29, 1.82) is 0 Å². The molecule has 0 saturated heterocycles. The van der Waals surface area contributed by atoms with Crippen molar-refractivity contribution in [2.75, 3.05) is 5.32 Å². The van der Waals surface area contributed by atoms with Crippen LogP contribution >= 0.6 is 23.1 Å². The highest BCUT2D eigenvalue weighted by Gasteiger charge is 2.19. The number of hydrogen-bond donors (Lipinski definition) is 1. The Labute approximate surface area is 197 Å². The first kappa shape index (κ1) is 21.4. The molecule has 1 amide bonds. The lowest BCUT2D eigenvalue weighted by Gasteiger charge is -2.13. The van der Waals surface area contributed by atoms with E-state index < -0.39 is 0 Å². The first-order valence-corrected chi connectivity index (χ1v) is 12.1. The molecule has 1 N–H and O–H groups in total. The summed E-state index contributed by atoms with van der Waals surface area (Å²) in [5.74, 6) is 0.864. The maximum Gasteiger partial charge on any atom is 0.267 e. The standard InChI is InChI=1S/C23H20N6O2S2/c1-13-8-9-14(2)19(10-13)28-20(31)17-6-4-5-7-18(17)29-22(28)26-27-23(29)33-12-16-11-32-21(25-16)24-15(3)30/h4-11H,12H2,1-3H3,(H,24,25,30). The molecule has 0 fully saturated rings. The lowest BCUT2D eigenvalue weighted by Crippen LogP contribution is -2.22. The number of rotatable bonds is 5. The van der Waals surface area contributed by atoms with E-state index in [-0.39, 0.29) is 11.5 Å². The second-order valence-corrected chi connectivity index (χ2v) is 9.48. The summed E-state index contributed by atoms with van der Waals surface area (Å²) < 4.78 is 3.56. The molecule has 3 aromatic heterocycles. The highest BCUT2D eigenvalue weighted by atomic mass is 32.2. The van der Waals surface area contributed by atoms with E-state index >= 15 is 0 Å². The van der Waals surface area contributed by atoms with Crippen LogP contribution in [0.3, 0.4) is 0 Å². The molecule has 2 aromatic carbocycles. The lowest BCUT2D eigenvalue weighted by atomic mass is 10.1. The first-order chi connectivity index (χ1) is 15.9. The molecule has 0 aliphatic heterocycles. The number of thioether (sulfide) groups is 1. The van der Waals surface area contributed by atoms with Gasteiger partial charge in [-0.05, 0) is 43.2 Å². The maximum absolute atomic E-state index is 13.5. The molecular formula is C23H20N6O2S2. The van der Waals surface area contributed by atoms with Crippen LogP contribution in [-0.2, 0) is 10.5 Å². The fourth-order valence-electron chi connectivity index (χ4n) is 3.67. The number of para-hydroxylation sites is 1. The van der Waals surface area contributed by atoms with E-state index in [2.05, 4.69) is 20.5 Å². The third kappa shape index (κ3) is 3.91. The number of hydrogen-bond acceptors (Lipinski definition) is 7. The van der Waals surface area contributed by atoms with Crippen LogP contribution < -0.4 is 10.9 Å². The molecule has 10 heteroatoms. The van der Waals surface area contributed by atoms with E-state index in [0.717, 1.165) is 28.0 Å². The number of amides is 1. The van der Waals surface area contributed by atoms with Crippen molar-refractivity contribution in [3.63, 3.8) is 0 Å². The Morgan fingerprint density at radius 3 is 2.79 bits per heavy atom.